The summed E-state index contributed by atoms with van der Waals surface area (Å²) >= 11 is 0. The van der Waals surface area contributed by atoms with Gasteiger partial charge in [-0.2, -0.15) is 0 Å². The summed E-state index contributed by atoms with van der Waals surface area (Å²) in [5, 5.41) is 9.07. The molecule has 0 bridgehead atoms. The van der Waals surface area contributed by atoms with Gasteiger partial charge in [0.25, 0.3) is 0 Å². The molecule has 1 aromatic carbocycles. The van der Waals surface area contributed by atoms with Crippen LogP contribution in [-0.4, -0.2) is 60.3 Å². The molecule has 2 saturated heterocycles. The van der Waals surface area contributed by atoms with Crippen LogP contribution in [0.25, 0.3) is 0 Å². The molecule has 126 valence electrons. The minimum atomic E-state index is -0.200. The number of carbonyl (C=O) groups is 1. The van der Waals surface area contributed by atoms with Crippen LogP contribution in [-0.2, 0) is 11.3 Å². The zero-order valence-electron chi connectivity index (χ0n) is 13.6. The van der Waals surface area contributed by atoms with Gasteiger partial charge in [0.1, 0.15) is 6.61 Å². The van der Waals surface area contributed by atoms with Crippen LogP contribution >= 0.6 is 0 Å². The van der Waals surface area contributed by atoms with Crippen molar-refractivity contribution in [1.82, 2.24) is 9.80 Å². The monoisotopic (exact) mass is 318 g/mol. The van der Waals surface area contributed by atoms with Crippen LogP contribution in [0.2, 0.25) is 0 Å². The SMILES string of the molecule is O=C(OCc1ccccc1)N1CCC2(CCN(CCO)C2)CC1. The first kappa shape index (κ1) is 16.3. The number of piperidine rings is 1. The van der Waals surface area contributed by atoms with Crippen molar-refractivity contribution in [2.75, 3.05) is 39.3 Å². The first-order chi connectivity index (χ1) is 11.2. The molecular weight excluding hydrogens is 292 g/mol. The minimum Gasteiger partial charge on any atom is -0.445 e. The van der Waals surface area contributed by atoms with Gasteiger partial charge in [-0.15, -0.1) is 0 Å². The van der Waals surface area contributed by atoms with Gasteiger partial charge >= 0.3 is 6.09 Å². The largest absolute Gasteiger partial charge is 0.445 e. The van der Waals surface area contributed by atoms with E-state index < -0.39 is 0 Å². The average Bonchev–Trinajstić information content (AvgIpc) is 2.97. The Balaban J connectivity index is 1.44. The fourth-order valence-electron chi connectivity index (χ4n) is 3.74. The Bertz CT molecular complexity index is 512. The Kier molecular flexibility index (Phi) is 5.18. The van der Waals surface area contributed by atoms with E-state index in [-0.39, 0.29) is 12.7 Å². The average molecular weight is 318 g/mol. The number of rotatable bonds is 4. The third-order valence-electron chi connectivity index (χ3n) is 5.22. The van der Waals surface area contributed by atoms with Gasteiger partial charge in [-0.3, -0.25) is 0 Å². The van der Waals surface area contributed by atoms with Gasteiger partial charge < -0.3 is 19.6 Å². The summed E-state index contributed by atoms with van der Waals surface area (Å²) in [6, 6.07) is 9.79. The van der Waals surface area contributed by atoms with Crippen LogP contribution in [0.1, 0.15) is 24.8 Å². The summed E-state index contributed by atoms with van der Waals surface area (Å²) in [5.41, 5.74) is 1.36. The van der Waals surface area contributed by atoms with Crippen molar-refractivity contribution in [1.29, 1.82) is 0 Å². The molecule has 0 atom stereocenters. The van der Waals surface area contributed by atoms with E-state index in [9.17, 15) is 4.79 Å². The summed E-state index contributed by atoms with van der Waals surface area (Å²) < 4.78 is 5.42. The van der Waals surface area contributed by atoms with E-state index in [2.05, 4.69) is 4.90 Å². The highest BCUT2D eigenvalue weighted by molar-refractivity contribution is 5.67. The lowest BCUT2D eigenvalue weighted by Gasteiger charge is -2.38. The number of aliphatic hydroxyl groups is 1. The molecule has 23 heavy (non-hydrogen) atoms. The maximum Gasteiger partial charge on any atom is 0.410 e. The van der Waals surface area contributed by atoms with Gasteiger partial charge in [0.2, 0.25) is 0 Å². The lowest BCUT2D eigenvalue weighted by Crippen LogP contribution is -2.44. The van der Waals surface area contributed by atoms with Gasteiger partial charge in [0.05, 0.1) is 6.61 Å². The highest BCUT2D eigenvalue weighted by Crippen LogP contribution is 2.40. The Hall–Kier alpha value is -1.59. The molecular formula is C18H26N2O3. The fraction of sp³-hybridized carbons (Fsp3) is 0.611. The molecule has 2 heterocycles. The molecule has 2 fully saturated rings. The Labute approximate surface area is 137 Å². The molecule has 1 aromatic rings. The molecule has 1 spiro atoms. The number of ether oxygens (including phenoxy) is 1. The lowest BCUT2D eigenvalue weighted by atomic mass is 9.78. The summed E-state index contributed by atoms with van der Waals surface area (Å²) in [6.45, 7) is 5.02. The molecule has 1 amide bonds. The van der Waals surface area contributed by atoms with Crippen LogP contribution in [0, 0.1) is 5.41 Å². The van der Waals surface area contributed by atoms with Gasteiger partial charge in [-0.1, -0.05) is 30.3 Å². The summed E-state index contributed by atoms with van der Waals surface area (Å²) in [6.07, 6.45) is 3.05. The zero-order chi connectivity index (χ0) is 16.1. The number of nitrogens with zero attached hydrogens (tertiary/aromatic N) is 2. The minimum absolute atomic E-state index is 0.200. The van der Waals surface area contributed by atoms with E-state index in [1.165, 1.54) is 6.42 Å². The quantitative estimate of drug-likeness (QED) is 0.924. The van der Waals surface area contributed by atoms with E-state index >= 15 is 0 Å². The van der Waals surface area contributed by atoms with Gasteiger partial charge in [0.15, 0.2) is 0 Å². The summed E-state index contributed by atoms with van der Waals surface area (Å²) in [4.78, 5) is 16.4. The maximum absolute atomic E-state index is 12.2. The number of aliphatic hydroxyl groups excluding tert-OH is 1. The Morgan fingerprint density at radius 2 is 1.83 bits per heavy atom. The number of β-amino-alcohol motifs (C(OH)–C–C–N with tert-alkyl or cyclic N) is 1. The van der Waals surface area contributed by atoms with E-state index in [1.807, 2.05) is 35.2 Å². The second-order valence-corrected chi connectivity index (χ2v) is 6.78. The summed E-state index contributed by atoms with van der Waals surface area (Å²) in [7, 11) is 0. The number of amides is 1. The number of likely N-dealkylation sites (tertiary alicyclic amines) is 2. The Morgan fingerprint density at radius 3 is 2.52 bits per heavy atom. The molecule has 1 N–H and O–H groups in total. The van der Waals surface area contributed by atoms with Crippen molar-refractivity contribution >= 4 is 6.09 Å². The molecule has 0 aliphatic carbocycles. The third-order valence-corrected chi connectivity index (χ3v) is 5.22. The standard InChI is InChI=1S/C18H26N2O3/c21-13-12-19-9-6-18(15-19)7-10-20(11-8-18)17(22)23-14-16-4-2-1-3-5-16/h1-5,21H,6-15H2. The van der Waals surface area contributed by atoms with Crippen molar-refractivity contribution < 1.29 is 14.6 Å². The smallest absolute Gasteiger partial charge is 0.410 e. The van der Waals surface area contributed by atoms with E-state index in [0.717, 1.165) is 51.1 Å². The van der Waals surface area contributed by atoms with Crippen LogP contribution in [0.3, 0.4) is 0 Å². The molecule has 2 aliphatic rings. The van der Waals surface area contributed by atoms with Gasteiger partial charge in [-0.05, 0) is 36.8 Å². The number of hydrogen-bond acceptors (Lipinski definition) is 4. The van der Waals surface area contributed by atoms with Gasteiger partial charge in [-0.25, -0.2) is 4.79 Å². The molecule has 0 aromatic heterocycles. The van der Waals surface area contributed by atoms with Crippen molar-refractivity contribution in [2.24, 2.45) is 5.41 Å². The molecule has 0 unspecified atom stereocenters. The highest BCUT2D eigenvalue weighted by atomic mass is 16.6. The molecule has 0 saturated carbocycles. The van der Waals surface area contributed by atoms with Crippen LogP contribution < -0.4 is 0 Å². The zero-order valence-corrected chi connectivity index (χ0v) is 13.6. The van der Waals surface area contributed by atoms with Crippen LogP contribution in [0.4, 0.5) is 4.79 Å². The van der Waals surface area contributed by atoms with Crippen molar-refractivity contribution in [3.63, 3.8) is 0 Å². The number of carbonyl (C=O) groups excluding carboxylic acids is 1. The predicted octanol–water partition coefficient (Wildman–Crippen LogP) is 2.10. The van der Waals surface area contributed by atoms with E-state index in [4.69, 9.17) is 9.84 Å². The first-order valence-corrected chi connectivity index (χ1v) is 8.50. The van der Waals surface area contributed by atoms with E-state index in [0.29, 0.717) is 12.0 Å². The van der Waals surface area contributed by atoms with Crippen LogP contribution in [0.15, 0.2) is 30.3 Å². The fourth-order valence-corrected chi connectivity index (χ4v) is 3.74. The molecule has 5 nitrogen and oxygen atoms in total. The molecule has 3 rings (SSSR count). The predicted molar refractivity (Wildman–Crippen MR) is 88.0 cm³/mol. The second kappa shape index (κ2) is 7.32. The van der Waals surface area contributed by atoms with Crippen molar-refractivity contribution in [3.8, 4) is 0 Å². The van der Waals surface area contributed by atoms with Gasteiger partial charge in [0, 0.05) is 26.2 Å². The molecule has 5 heteroatoms. The highest BCUT2D eigenvalue weighted by Gasteiger charge is 2.41. The lowest BCUT2D eigenvalue weighted by molar-refractivity contribution is 0.0625. The van der Waals surface area contributed by atoms with Crippen molar-refractivity contribution in [2.45, 2.75) is 25.9 Å². The maximum atomic E-state index is 12.2. The Morgan fingerprint density at radius 1 is 1.13 bits per heavy atom. The van der Waals surface area contributed by atoms with E-state index in [1.54, 1.807) is 0 Å². The number of benzene rings is 1. The van der Waals surface area contributed by atoms with Crippen LogP contribution in [0.5, 0.6) is 0 Å². The molecule has 2 aliphatic heterocycles. The number of hydrogen-bond donors (Lipinski definition) is 1. The third kappa shape index (κ3) is 4.03. The summed E-state index contributed by atoms with van der Waals surface area (Å²) in [5.74, 6) is 0. The topological polar surface area (TPSA) is 53.0 Å². The first-order valence-electron chi connectivity index (χ1n) is 8.50. The molecule has 0 radical (unpaired) electrons. The normalized spacial score (nSPS) is 20.8. The van der Waals surface area contributed by atoms with Crippen molar-refractivity contribution in [3.05, 3.63) is 35.9 Å². The second-order valence-electron chi connectivity index (χ2n) is 6.78.